The third-order valence-electron chi connectivity index (χ3n) is 6.56. The van der Waals surface area contributed by atoms with Gasteiger partial charge in [-0.1, -0.05) is 56.3 Å². The minimum absolute atomic E-state index is 0.0640. The van der Waals surface area contributed by atoms with Gasteiger partial charge in [-0.2, -0.15) is 23.7 Å². The van der Waals surface area contributed by atoms with E-state index in [-0.39, 0.29) is 28.0 Å². The molecule has 0 bridgehead atoms. The SMILES string of the molecule is CC(C)[C@H](N[C@@H](c1ccc(-c2ccc(S(C)(=O)=O)cc2)cc1)C(F)(F)F)C(=O)NC(C#N)Cc1ccc(C#N)cc1F. The van der Waals surface area contributed by atoms with Crippen LogP contribution in [0.5, 0.6) is 0 Å². The van der Waals surface area contributed by atoms with Crippen molar-refractivity contribution >= 4 is 15.7 Å². The van der Waals surface area contributed by atoms with Crippen molar-refractivity contribution in [1.29, 1.82) is 10.5 Å². The Morgan fingerprint density at radius 1 is 0.952 bits per heavy atom. The minimum Gasteiger partial charge on any atom is -0.339 e. The third kappa shape index (κ3) is 8.15. The van der Waals surface area contributed by atoms with Crippen LogP contribution in [0.2, 0.25) is 0 Å². The zero-order chi connectivity index (χ0) is 31.2. The number of halogens is 4. The first-order valence-corrected chi connectivity index (χ1v) is 14.6. The van der Waals surface area contributed by atoms with Gasteiger partial charge in [0.1, 0.15) is 17.9 Å². The van der Waals surface area contributed by atoms with E-state index >= 15 is 0 Å². The fraction of sp³-hybridized carbons (Fsp3) is 0.300. The van der Waals surface area contributed by atoms with Gasteiger partial charge in [0.2, 0.25) is 5.91 Å². The quantitative estimate of drug-likeness (QED) is 0.307. The molecule has 1 amide bonds. The summed E-state index contributed by atoms with van der Waals surface area (Å²) in [5, 5.41) is 23.2. The van der Waals surface area contributed by atoms with E-state index in [1.54, 1.807) is 32.0 Å². The van der Waals surface area contributed by atoms with Crippen LogP contribution in [-0.2, 0) is 21.1 Å². The van der Waals surface area contributed by atoms with Crippen LogP contribution < -0.4 is 10.6 Å². The van der Waals surface area contributed by atoms with Crippen LogP contribution in [0.3, 0.4) is 0 Å². The summed E-state index contributed by atoms with van der Waals surface area (Å²) >= 11 is 0. The number of nitrogens with one attached hydrogen (secondary N) is 2. The lowest BCUT2D eigenvalue weighted by atomic mass is 9.97. The maximum atomic E-state index is 14.3. The first-order chi connectivity index (χ1) is 19.6. The summed E-state index contributed by atoms with van der Waals surface area (Å²) in [5.41, 5.74) is 1.15. The molecule has 0 aliphatic rings. The topological polar surface area (TPSA) is 123 Å². The Hall–Kier alpha value is -4.26. The zero-order valence-electron chi connectivity index (χ0n) is 22.9. The molecule has 0 heterocycles. The number of rotatable bonds is 10. The molecule has 7 nitrogen and oxygen atoms in total. The number of carbonyl (C=O) groups is 1. The Balaban J connectivity index is 1.80. The Morgan fingerprint density at radius 2 is 1.52 bits per heavy atom. The first-order valence-electron chi connectivity index (χ1n) is 12.8. The molecule has 42 heavy (non-hydrogen) atoms. The number of sulfone groups is 1. The minimum atomic E-state index is -4.79. The molecule has 220 valence electrons. The first kappa shape index (κ1) is 32.3. The van der Waals surface area contributed by atoms with Crippen LogP contribution in [0.15, 0.2) is 71.6 Å². The highest BCUT2D eigenvalue weighted by Gasteiger charge is 2.43. The molecule has 0 aliphatic heterocycles. The van der Waals surface area contributed by atoms with Crippen molar-refractivity contribution in [1.82, 2.24) is 10.6 Å². The van der Waals surface area contributed by atoms with Crippen LogP contribution in [0, 0.1) is 34.4 Å². The summed E-state index contributed by atoms with van der Waals surface area (Å²) in [6.45, 7) is 3.10. The van der Waals surface area contributed by atoms with E-state index in [0.717, 1.165) is 12.3 Å². The average Bonchev–Trinajstić information content (AvgIpc) is 2.92. The highest BCUT2D eigenvalue weighted by atomic mass is 32.2. The second-order valence-corrected chi connectivity index (χ2v) is 12.1. The second kappa shape index (κ2) is 13.1. The predicted octanol–water partition coefficient (Wildman–Crippen LogP) is 5.24. The molecule has 0 radical (unpaired) electrons. The summed E-state index contributed by atoms with van der Waals surface area (Å²) in [5.74, 6) is -2.22. The number of amides is 1. The Kier molecular flexibility index (Phi) is 10.1. The number of benzene rings is 3. The molecule has 1 unspecified atom stereocenters. The molecular weight excluding hydrogens is 572 g/mol. The van der Waals surface area contributed by atoms with E-state index in [1.165, 1.54) is 48.5 Å². The van der Waals surface area contributed by atoms with Gasteiger partial charge < -0.3 is 5.32 Å². The maximum Gasteiger partial charge on any atom is 0.407 e. The van der Waals surface area contributed by atoms with Crippen molar-refractivity contribution in [3.63, 3.8) is 0 Å². The Bertz CT molecular complexity index is 1610. The summed E-state index contributed by atoms with van der Waals surface area (Å²) < 4.78 is 80.4. The molecule has 0 aliphatic carbocycles. The number of nitrogens with zero attached hydrogens (tertiary/aromatic N) is 2. The fourth-order valence-electron chi connectivity index (χ4n) is 4.29. The van der Waals surface area contributed by atoms with Crippen molar-refractivity contribution in [2.24, 2.45) is 5.92 Å². The molecule has 3 aromatic carbocycles. The molecule has 12 heteroatoms. The molecule has 3 aromatic rings. The summed E-state index contributed by atoms with van der Waals surface area (Å²) in [7, 11) is -3.40. The van der Waals surface area contributed by atoms with E-state index in [9.17, 15) is 36.0 Å². The largest absolute Gasteiger partial charge is 0.407 e. The molecular formula is C30H28F4N4O3S. The van der Waals surface area contributed by atoms with E-state index in [0.29, 0.717) is 11.1 Å². The van der Waals surface area contributed by atoms with Crippen LogP contribution in [0.1, 0.15) is 36.6 Å². The number of nitriles is 2. The summed E-state index contributed by atoms with van der Waals surface area (Å²) in [4.78, 5) is 13.2. The monoisotopic (exact) mass is 600 g/mol. The van der Waals surface area contributed by atoms with Crippen molar-refractivity contribution in [2.45, 2.75) is 49.5 Å². The smallest absolute Gasteiger partial charge is 0.339 e. The number of hydrogen-bond donors (Lipinski definition) is 2. The molecule has 0 fully saturated rings. The lowest BCUT2D eigenvalue weighted by Crippen LogP contribution is -2.53. The van der Waals surface area contributed by atoms with Gasteiger partial charge in [-0.25, -0.2) is 12.8 Å². The van der Waals surface area contributed by atoms with Gasteiger partial charge in [-0.15, -0.1) is 0 Å². The molecule has 0 saturated carbocycles. The van der Waals surface area contributed by atoms with Crippen LogP contribution in [-0.4, -0.2) is 38.8 Å². The second-order valence-electron chi connectivity index (χ2n) is 10.1. The molecule has 2 N–H and O–H groups in total. The molecule has 0 aromatic heterocycles. The molecule has 0 spiro atoms. The number of carbonyl (C=O) groups excluding carboxylic acids is 1. The van der Waals surface area contributed by atoms with Gasteiger partial charge in [-0.3, -0.25) is 10.1 Å². The van der Waals surface area contributed by atoms with Crippen molar-refractivity contribution < 1.29 is 30.8 Å². The van der Waals surface area contributed by atoms with Crippen molar-refractivity contribution in [3.05, 3.63) is 89.2 Å². The summed E-state index contributed by atoms with van der Waals surface area (Å²) in [6.07, 6.45) is -3.96. The van der Waals surface area contributed by atoms with Gasteiger partial charge in [0.25, 0.3) is 0 Å². The number of hydrogen-bond acceptors (Lipinski definition) is 6. The highest BCUT2D eigenvalue weighted by Crippen LogP contribution is 2.35. The Labute approximate surface area is 241 Å². The number of alkyl halides is 3. The maximum absolute atomic E-state index is 14.3. The van der Waals surface area contributed by atoms with Crippen molar-refractivity contribution in [3.8, 4) is 23.3 Å². The highest BCUT2D eigenvalue weighted by molar-refractivity contribution is 7.90. The van der Waals surface area contributed by atoms with Crippen molar-refractivity contribution in [2.75, 3.05) is 6.26 Å². The average molecular weight is 601 g/mol. The van der Waals surface area contributed by atoms with Crippen LogP contribution in [0.4, 0.5) is 17.6 Å². The fourth-order valence-corrected chi connectivity index (χ4v) is 4.92. The van der Waals surface area contributed by atoms with Gasteiger partial charge in [0.05, 0.1) is 28.6 Å². The van der Waals surface area contributed by atoms with Crippen LogP contribution >= 0.6 is 0 Å². The van der Waals surface area contributed by atoms with Gasteiger partial charge in [0, 0.05) is 12.7 Å². The van der Waals surface area contributed by atoms with Gasteiger partial charge in [-0.05, 0) is 52.4 Å². The van der Waals surface area contributed by atoms with E-state index in [4.69, 9.17) is 5.26 Å². The Morgan fingerprint density at radius 3 is 1.98 bits per heavy atom. The summed E-state index contributed by atoms with van der Waals surface area (Å²) in [6, 6.07) is 13.9. The standard InChI is InChI=1S/C30H28F4N4O3S/c1-18(2)27(29(39)37-24(17-36)15-23-5-4-19(16-35)14-26(23)31)38-28(30(32,33)34)22-8-6-20(7-9-22)21-10-12-25(13-11-21)42(3,40)41/h4-14,18,24,27-28,38H,15H2,1-3H3,(H,37,39)/t24?,27-,28-/m0/s1. The normalized spacial score (nSPS) is 14.0. The third-order valence-corrected chi connectivity index (χ3v) is 7.69. The van der Waals surface area contributed by atoms with E-state index in [2.05, 4.69) is 10.6 Å². The van der Waals surface area contributed by atoms with Gasteiger partial charge >= 0.3 is 6.18 Å². The zero-order valence-corrected chi connectivity index (χ0v) is 23.7. The lowest BCUT2D eigenvalue weighted by Gasteiger charge is -2.30. The predicted molar refractivity (Wildman–Crippen MR) is 148 cm³/mol. The molecule has 3 rings (SSSR count). The van der Waals surface area contributed by atoms with Gasteiger partial charge in [0.15, 0.2) is 9.84 Å². The molecule has 3 atom stereocenters. The van der Waals surface area contributed by atoms with E-state index in [1.807, 2.05) is 6.07 Å². The van der Waals surface area contributed by atoms with Crippen LogP contribution in [0.25, 0.3) is 11.1 Å². The molecule has 0 saturated heterocycles. The van der Waals surface area contributed by atoms with E-state index < -0.39 is 51.8 Å². The lowest BCUT2D eigenvalue weighted by molar-refractivity contribution is -0.161.